The molecular weight excluding hydrogens is 384 g/mol. The zero-order chi connectivity index (χ0) is 21.8. The number of anilines is 1. The number of carbonyl (C=O) groups is 1. The first-order valence-corrected chi connectivity index (χ1v) is 10.7. The van der Waals surface area contributed by atoms with E-state index in [0.29, 0.717) is 56.4 Å². The fourth-order valence-corrected chi connectivity index (χ4v) is 2.79. The van der Waals surface area contributed by atoms with E-state index in [1.165, 1.54) is 0 Å². The molecule has 2 heterocycles. The van der Waals surface area contributed by atoms with Gasteiger partial charge in [0.05, 0.1) is 6.61 Å². The number of nitrogens with one attached hydrogen (secondary N) is 2. The minimum absolute atomic E-state index is 0.0565. The molecule has 0 aliphatic rings. The Labute approximate surface area is 178 Å². The molecule has 166 valence electrons. The van der Waals surface area contributed by atoms with Crippen LogP contribution in [0.4, 0.5) is 5.82 Å². The molecule has 0 aliphatic heterocycles. The van der Waals surface area contributed by atoms with Crippen molar-refractivity contribution < 1.29 is 14.3 Å². The first kappa shape index (κ1) is 23.6. The fourth-order valence-electron chi connectivity index (χ4n) is 2.79. The lowest BCUT2D eigenvalue weighted by Crippen LogP contribution is -2.41. The van der Waals surface area contributed by atoms with Crippen LogP contribution in [0.15, 0.2) is 24.8 Å². The number of ether oxygens (including phenoxy) is 2. The maximum absolute atomic E-state index is 12.8. The van der Waals surface area contributed by atoms with Gasteiger partial charge in [-0.25, -0.2) is 4.98 Å². The van der Waals surface area contributed by atoms with Gasteiger partial charge in [-0.05, 0) is 32.1 Å². The largest absolute Gasteiger partial charge is 0.477 e. The Hall–Kier alpha value is -2.68. The normalized spacial score (nSPS) is 12.0. The van der Waals surface area contributed by atoms with Crippen molar-refractivity contribution >= 4 is 11.7 Å². The van der Waals surface area contributed by atoms with Crippen LogP contribution in [-0.2, 0) is 9.53 Å². The van der Waals surface area contributed by atoms with Crippen molar-refractivity contribution in [3.8, 4) is 11.8 Å². The monoisotopic (exact) mass is 418 g/mol. The van der Waals surface area contributed by atoms with Gasteiger partial charge in [0, 0.05) is 38.2 Å². The summed E-state index contributed by atoms with van der Waals surface area (Å²) < 4.78 is 12.7. The summed E-state index contributed by atoms with van der Waals surface area (Å²) in [7, 11) is 0. The van der Waals surface area contributed by atoms with Crippen LogP contribution in [0.5, 0.6) is 5.88 Å². The molecule has 2 aromatic heterocycles. The maximum atomic E-state index is 12.8. The molecule has 0 saturated heterocycles. The number of nitrogens with zero attached hydrogens (tertiary/aromatic N) is 4. The van der Waals surface area contributed by atoms with Gasteiger partial charge in [-0.1, -0.05) is 20.8 Å². The highest BCUT2D eigenvalue weighted by Gasteiger charge is 2.21. The second-order valence-corrected chi connectivity index (χ2v) is 7.38. The zero-order valence-corrected chi connectivity index (χ0v) is 18.4. The lowest BCUT2D eigenvalue weighted by Gasteiger charge is -2.21. The van der Waals surface area contributed by atoms with E-state index < -0.39 is 6.04 Å². The number of hydrogen-bond acceptors (Lipinski definition) is 7. The topological polar surface area (TPSA) is 103 Å². The number of aromatic nitrogens is 4. The number of imidazole rings is 1. The summed E-state index contributed by atoms with van der Waals surface area (Å²) in [5, 5.41) is 6.26. The van der Waals surface area contributed by atoms with Crippen molar-refractivity contribution in [2.75, 3.05) is 31.7 Å². The molecule has 0 aliphatic carbocycles. The Balaban J connectivity index is 2.14. The highest BCUT2D eigenvalue weighted by atomic mass is 16.5. The Morgan fingerprint density at radius 2 is 2.07 bits per heavy atom. The summed E-state index contributed by atoms with van der Waals surface area (Å²) in [5.74, 6) is 1.71. The Bertz CT molecular complexity index is 751. The highest BCUT2D eigenvalue weighted by molar-refractivity contribution is 5.84. The van der Waals surface area contributed by atoms with Gasteiger partial charge in [0.25, 0.3) is 0 Å². The van der Waals surface area contributed by atoms with E-state index in [1.54, 1.807) is 29.4 Å². The van der Waals surface area contributed by atoms with Crippen LogP contribution < -0.4 is 15.4 Å². The first-order valence-electron chi connectivity index (χ1n) is 10.7. The standard InChI is InChI=1S/C21H34N6O3/c1-5-11-30-19-14-18(25-21(26-19)27-10-9-22-15-27)24-17(13-16(3)4)20(28)23-8-7-12-29-6-2/h9-10,14-17H,5-8,11-13H2,1-4H3,(H,23,28)(H,24,25,26)/t17-/m0/s1. The summed E-state index contributed by atoms with van der Waals surface area (Å²) in [6, 6.07) is 1.31. The van der Waals surface area contributed by atoms with Crippen LogP contribution in [0.2, 0.25) is 0 Å². The quantitative estimate of drug-likeness (QED) is 0.455. The highest BCUT2D eigenvalue weighted by Crippen LogP contribution is 2.19. The summed E-state index contributed by atoms with van der Waals surface area (Å²) in [5.41, 5.74) is 0. The van der Waals surface area contributed by atoms with Crippen LogP contribution in [0.25, 0.3) is 5.95 Å². The lowest BCUT2D eigenvalue weighted by molar-refractivity contribution is -0.122. The number of hydrogen-bond donors (Lipinski definition) is 2. The van der Waals surface area contributed by atoms with Crippen molar-refractivity contribution in [1.29, 1.82) is 0 Å². The van der Waals surface area contributed by atoms with Crippen LogP contribution in [0.1, 0.15) is 47.0 Å². The molecule has 2 N–H and O–H groups in total. The van der Waals surface area contributed by atoms with E-state index in [9.17, 15) is 4.79 Å². The lowest BCUT2D eigenvalue weighted by atomic mass is 10.0. The van der Waals surface area contributed by atoms with E-state index in [-0.39, 0.29) is 5.91 Å². The van der Waals surface area contributed by atoms with Crippen molar-refractivity contribution in [1.82, 2.24) is 24.8 Å². The molecule has 0 aromatic carbocycles. The molecule has 2 rings (SSSR count). The third-order valence-corrected chi connectivity index (χ3v) is 4.19. The van der Waals surface area contributed by atoms with Gasteiger partial charge in [0.2, 0.25) is 17.7 Å². The molecular formula is C21H34N6O3. The summed E-state index contributed by atoms with van der Waals surface area (Å²) in [6.07, 6.45) is 7.37. The van der Waals surface area contributed by atoms with Crippen molar-refractivity contribution in [3.05, 3.63) is 24.8 Å². The Morgan fingerprint density at radius 3 is 2.73 bits per heavy atom. The van der Waals surface area contributed by atoms with E-state index in [1.807, 2.05) is 13.8 Å². The van der Waals surface area contributed by atoms with Crippen molar-refractivity contribution in [2.45, 2.75) is 53.0 Å². The van der Waals surface area contributed by atoms with Crippen molar-refractivity contribution in [3.63, 3.8) is 0 Å². The van der Waals surface area contributed by atoms with Crippen LogP contribution in [0.3, 0.4) is 0 Å². The average molecular weight is 419 g/mol. The first-order chi connectivity index (χ1) is 14.5. The zero-order valence-electron chi connectivity index (χ0n) is 18.4. The molecule has 0 bridgehead atoms. The molecule has 0 spiro atoms. The SMILES string of the molecule is CCCOc1cc(N[C@@H](CC(C)C)C(=O)NCCCOCC)nc(-n2ccnc2)n1. The van der Waals surface area contributed by atoms with Crippen molar-refractivity contribution in [2.24, 2.45) is 5.92 Å². The molecule has 0 saturated carbocycles. The van der Waals surface area contributed by atoms with E-state index in [2.05, 4.69) is 39.4 Å². The summed E-state index contributed by atoms with van der Waals surface area (Å²) >= 11 is 0. The molecule has 9 nitrogen and oxygen atoms in total. The van der Waals surface area contributed by atoms with Gasteiger partial charge in [0.15, 0.2) is 0 Å². The van der Waals surface area contributed by atoms with E-state index in [4.69, 9.17) is 9.47 Å². The third-order valence-electron chi connectivity index (χ3n) is 4.19. The molecule has 30 heavy (non-hydrogen) atoms. The maximum Gasteiger partial charge on any atom is 0.242 e. The van der Waals surface area contributed by atoms with E-state index in [0.717, 1.165) is 12.8 Å². The van der Waals surface area contributed by atoms with Gasteiger partial charge >= 0.3 is 0 Å². The molecule has 0 fully saturated rings. The molecule has 9 heteroatoms. The molecule has 0 unspecified atom stereocenters. The number of carbonyl (C=O) groups excluding carboxylic acids is 1. The minimum atomic E-state index is -0.415. The smallest absolute Gasteiger partial charge is 0.242 e. The number of amides is 1. The fraction of sp³-hybridized carbons (Fsp3) is 0.619. The Kier molecular flexibility index (Phi) is 10.1. The van der Waals surface area contributed by atoms with Crippen LogP contribution >= 0.6 is 0 Å². The second kappa shape index (κ2) is 12.8. The van der Waals surface area contributed by atoms with Gasteiger partial charge < -0.3 is 20.1 Å². The summed E-state index contributed by atoms with van der Waals surface area (Å²) in [6.45, 7) is 10.6. The Morgan fingerprint density at radius 1 is 1.23 bits per heavy atom. The van der Waals surface area contributed by atoms with Crippen LogP contribution in [-0.4, -0.2) is 57.8 Å². The second-order valence-electron chi connectivity index (χ2n) is 7.38. The van der Waals surface area contributed by atoms with Gasteiger partial charge in [0.1, 0.15) is 18.2 Å². The number of rotatable bonds is 14. The van der Waals surface area contributed by atoms with Gasteiger partial charge in [-0.15, -0.1) is 0 Å². The molecule has 2 aromatic rings. The van der Waals surface area contributed by atoms with Gasteiger partial charge in [-0.3, -0.25) is 9.36 Å². The van der Waals surface area contributed by atoms with E-state index >= 15 is 0 Å². The molecule has 1 amide bonds. The average Bonchev–Trinajstić information content (AvgIpc) is 3.26. The van der Waals surface area contributed by atoms with Crippen LogP contribution in [0, 0.1) is 5.92 Å². The summed E-state index contributed by atoms with van der Waals surface area (Å²) in [4.78, 5) is 25.8. The molecule has 0 radical (unpaired) electrons. The third kappa shape index (κ3) is 7.98. The molecule has 1 atom stereocenters. The predicted octanol–water partition coefficient (Wildman–Crippen LogP) is 2.82. The van der Waals surface area contributed by atoms with Gasteiger partial charge in [-0.2, -0.15) is 9.97 Å². The predicted molar refractivity (Wildman–Crippen MR) is 116 cm³/mol. The minimum Gasteiger partial charge on any atom is -0.477 e.